The molecule has 2 aromatic heterocycles. The molecule has 1 aliphatic rings. The molecule has 0 atom stereocenters. The Morgan fingerprint density at radius 2 is 2.04 bits per heavy atom. The number of hydrogen-bond acceptors (Lipinski definition) is 5. The highest BCUT2D eigenvalue weighted by molar-refractivity contribution is 7.94. The van der Waals surface area contributed by atoms with E-state index < -0.39 is 15.8 Å². The first-order valence-electron chi connectivity index (χ1n) is 8.33. The maximum Gasteiger partial charge on any atom is 0.271 e. The molecule has 1 N–H and O–H groups in total. The van der Waals surface area contributed by atoms with Gasteiger partial charge in [-0.1, -0.05) is 12.5 Å². The van der Waals surface area contributed by atoms with Gasteiger partial charge in [-0.15, -0.1) is 21.5 Å². The first-order chi connectivity index (χ1) is 12.5. The summed E-state index contributed by atoms with van der Waals surface area (Å²) in [6, 6.07) is 7.32. The summed E-state index contributed by atoms with van der Waals surface area (Å²) in [6.07, 6.45) is 3.96. The fourth-order valence-corrected chi connectivity index (χ4v) is 5.11. The molecule has 1 aliphatic heterocycles. The molecular weight excluding hydrogens is 375 g/mol. The Morgan fingerprint density at radius 1 is 1.15 bits per heavy atom. The first kappa shape index (κ1) is 17.2. The number of aromatic nitrogens is 3. The Labute approximate surface area is 154 Å². The van der Waals surface area contributed by atoms with Gasteiger partial charge in [-0.05, 0) is 42.5 Å². The summed E-state index contributed by atoms with van der Waals surface area (Å²) in [7, 11) is -3.69. The molecule has 0 saturated heterocycles. The zero-order chi connectivity index (χ0) is 18.1. The van der Waals surface area contributed by atoms with Gasteiger partial charge in [0.25, 0.3) is 10.0 Å². The number of hydrogen-bond donors (Lipinski definition) is 1. The maximum atomic E-state index is 14.5. The number of rotatable bonds is 4. The third-order valence-corrected chi connectivity index (χ3v) is 7.11. The van der Waals surface area contributed by atoms with Crippen molar-refractivity contribution in [3.8, 4) is 11.4 Å². The predicted octanol–water partition coefficient (Wildman–Crippen LogP) is 3.67. The lowest BCUT2D eigenvalue weighted by molar-refractivity contribution is 0.602. The van der Waals surface area contributed by atoms with Gasteiger partial charge < -0.3 is 4.57 Å². The second-order valence-corrected chi connectivity index (χ2v) is 8.99. The van der Waals surface area contributed by atoms with Crippen LogP contribution in [-0.4, -0.2) is 23.2 Å². The minimum Gasteiger partial charge on any atom is -0.311 e. The van der Waals surface area contributed by atoms with Gasteiger partial charge >= 0.3 is 0 Å². The molecule has 0 aliphatic carbocycles. The van der Waals surface area contributed by atoms with Gasteiger partial charge in [-0.25, -0.2) is 12.8 Å². The normalized spacial score (nSPS) is 14.7. The Hall–Kier alpha value is -2.26. The first-order valence-corrected chi connectivity index (χ1v) is 10.7. The van der Waals surface area contributed by atoms with Gasteiger partial charge in [0, 0.05) is 18.7 Å². The van der Waals surface area contributed by atoms with Crippen LogP contribution >= 0.6 is 11.3 Å². The second-order valence-electron chi connectivity index (χ2n) is 6.13. The second kappa shape index (κ2) is 6.81. The third kappa shape index (κ3) is 3.24. The lowest BCUT2D eigenvalue weighted by Gasteiger charge is -2.11. The number of nitrogens with one attached hydrogen (secondary N) is 1. The molecule has 0 bridgehead atoms. The van der Waals surface area contributed by atoms with Crippen LogP contribution in [0.4, 0.5) is 10.1 Å². The Bertz CT molecular complexity index is 1030. The molecule has 1 aromatic carbocycles. The molecule has 0 amide bonds. The van der Waals surface area contributed by atoms with E-state index in [1.807, 2.05) is 4.57 Å². The highest BCUT2D eigenvalue weighted by Gasteiger charge is 2.20. The quantitative estimate of drug-likeness (QED) is 0.735. The molecule has 4 rings (SSSR count). The lowest BCUT2D eigenvalue weighted by Crippen LogP contribution is -2.12. The van der Waals surface area contributed by atoms with Gasteiger partial charge in [0.05, 0.1) is 5.56 Å². The molecule has 0 unspecified atom stereocenters. The zero-order valence-corrected chi connectivity index (χ0v) is 15.5. The number of aryl methyl sites for hydroxylation is 1. The van der Waals surface area contributed by atoms with Crippen molar-refractivity contribution in [2.75, 3.05) is 4.72 Å². The maximum absolute atomic E-state index is 14.5. The monoisotopic (exact) mass is 392 g/mol. The Morgan fingerprint density at radius 3 is 2.85 bits per heavy atom. The van der Waals surface area contributed by atoms with Crippen LogP contribution in [0, 0.1) is 5.82 Å². The Kier molecular flexibility index (Phi) is 4.49. The van der Waals surface area contributed by atoms with E-state index in [4.69, 9.17) is 0 Å². The zero-order valence-electron chi connectivity index (χ0n) is 13.9. The van der Waals surface area contributed by atoms with E-state index in [2.05, 4.69) is 14.9 Å². The van der Waals surface area contributed by atoms with Crippen molar-refractivity contribution in [3.05, 3.63) is 47.4 Å². The molecule has 0 saturated carbocycles. The van der Waals surface area contributed by atoms with Crippen molar-refractivity contribution in [2.45, 2.75) is 36.4 Å². The summed E-state index contributed by atoms with van der Waals surface area (Å²) >= 11 is 1.12. The minimum atomic E-state index is -3.69. The van der Waals surface area contributed by atoms with E-state index in [1.54, 1.807) is 11.4 Å². The number of halogens is 1. The van der Waals surface area contributed by atoms with Gasteiger partial charge in [-0.3, -0.25) is 4.72 Å². The molecule has 0 fully saturated rings. The average Bonchev–Trinajstić information content (AvgIpc) is 3.23. The van der Waals surface area contributed by atoms with Crippen LogP contribution in [0.15, 0.2) is 39.9 Å². The van der Waals surface area contributed by atoms with Crippen LogP contribution in [0.2, 0.25) is 0 Å². The van der Waals surface area contributed by atoms with E-state index >= 15 is 0 Å². The Balaban J connectivity index is 1.71. The minimum absolute atomic E-state index is 0.208. The molecule has 3 aromatic rings. The van der Waals surface area contributed by atoms with Gasteiger partial charge in [-0.2, -0.15) is 0 Å². The molecule has 0 spiro atoms. The number of sulfonamides is 1. The van der Waals surface area contributed by atoms with Crippen LogP contribution in [0.25, 0.3) is 11.4 Å². The highest BCUT2D eigenvalue weighted by atomic mass is 32.2. The number of thiophene rings is 1. The van der Waals surface area contributed by atoms with Crippen LogP contribution in [-0.2, 0) is 23.0 Å². The smallest absolute Gasteiger partial charge is 0.271 e. The van der Waals surface area contributed by atoms with Crippen molar-refractivity contribution >= 4 is 27.0 Å². The lowest BCUT2D eigenvalue weighted by atomic mass is 10.1. The molecule has 6 nitrogen and oxygen atoms in total. The van der Waals surface area contributed by atoms with Crippen molar-refractivity contribution in [1.82, 2.24) is 14.8 Å². The van der Waals surface area contributed by atoms with Gasteiger partial charge in [0.15, 0.2) is 5.82 Å². The van der Waals surface area contributed by atoms with Crippen LogP contribution < -0.4 is 4.72 Å². The molecule has 9 heteroatoms. The molecule has 136 valence electrons. The molecule has 3 heterocycles. The van der Waals surface area contributed by atoms with Crippen molar-refractivity contribution in [3.63, 3.8) is 0 Å². The number of fused-ring (bicyclic) bond motifs is 1. The summed E-state index contributed by atoms with van der Waals surface area (Å²) in [5.74, 6) is 0.835. The number of nitrogens with zero attached hydrogens (tertiary/aromatic N) is 3. The van der Waals surface area contributed by atoms with E-state index in [0.717, 1.165) is 49.4 Å². The fourth-order valence-electron chi connectivity index (χ4n) is 3.07. The van der Waals surface area contributed by atoms with Gasteiger partial charge in [0.2, 0.25) is 0 Å². The predicted molar refractivity (Wildman–Crippen MR) is 98.1 cm³/mol. The SMILES string of the molecule is O=S(=O)(Nc1ccc(F)c(-c2nnc3n2CCCCC3)c1)c1cccs1. The van der Waals surface area contributed by atoms with Crippen molar-refractivity contribution < 1.29 is 12.8 Å². The van der Waals surface area contributed by atoms with Crippen LogP contribution in [0.5, 0.6) is 0 Å². The van der Waals surface area contributed by atoms with E-state index in [0.29, 0.717) is 11.5 Å². The highest BCUT2D eigenvalue weighted by Crippen LogP contribution is 2.29. The van der Waals surface area contributed by atoms with Crippen molar-refractivity contribution in [2.24, 2.45) is 0 Å². The molecular formula is C17H17FN4O2S2. The summed E-state index contributed by atoms with van der Waals surface area (Å²) in [5.41, 5.74) is 0.540. The van der Waals surface area contributed by atoms with E-state index in [1.165, 1.54) is 24.3 Å². The third-order valence-electron chi connectivity index (χ3n) is 4.33. The molecule has 0 radical (unpaired) electrons. The van der Waals surface area contributed by atoms with Crippen molar-refractivity contribution in [1.29, 1.82) is 0 Å². The van der Waals surface area contributed by atoms with Crippen LogP contribution in [0.3, 0.4) is 0 Å². The van der Waals surface area contributed by atoms with E-state index in [-0.39, 0.29) is 9.77 Å². The van der Waals surface area contributed by atoms with Crippen LogP contribution in [0.1, 0.15) is 25.1 Å². The number of anilines is 1. The number of benzene rings is 1. The standard InChI is InChI=1S/C17H17FN4O2S2/c18-14-8-7-12(21-26(23,24)16-6-4-10-25-16)11-13(14)17-20-19-15-5-2-1-3-9-22(15)17/h4,6-8,10-11,21H,1-3,5,9H2. The molecule has 26 heavy (non-hydrogen) atoms. The summed E-state index contributed by atoms with van der Waals surface area (Å²) in [4.78, 5) is 0. The average molecular weight is 392 g/mol. The van der Waals surface area contributed by atoms with Gasteiger partial charge in [0.1, 0.15) is 15.9 Å². The topological polar surface area (TPSA) is 76.9 Å². The fraction of sp³-hybridized carbons (Fsp3) is 0.294. The summed E-state index contributed by atoms with van der Waals surface area (Å²) in [6.45, 7) is 0.738. The largest absolute Gasteiger partial charge is 0.311 e. The summed E-state index contributed by atoms with van der Waals surface area (Å²) < 4.78 is 43.9. The van der Waals surface area contributed by atoms with E-state index in [9.17, 15) is 12.8 Å². The summed E-state index contributed by atoms with van der Waals surface area (Å²) in [5, 5.41) is 10.0.